The highest BCUT2D eigenvalue weighted by Crippen LogP contribution is 2.38. The van der Waals surface area contributed by atoms with Gasteiger partial charge in [0, 0.05) is 31.0 Å². The van der Waals surface area contributed by atoms with Gasteiger partial charge in [-0.05, 0) is 12.0 Å². The lowest BCUT2D eigenvalue weighted by Crippen LogP contribution is -2.20. The number of halogens is 1. The summed E-state index contributed by atoms with van der Waals surface area (Å²) in [5.74, 6) is 0.0860. The molecule has 1 aromatic heterocycles. The van der Waals surface area contributed by atoms with E-state index in [2.05, 4.69) is 28.1 Å². The molecule has 1 saturated heterocycles. The minimum atomic E-state index is 0.0860. The van der Waals surface area contributed by atoms with Gasteiger partial charge in [-0.3, -0.25) is 4.98 Å². The van der Waals surface area contributed by atoms with Gasteiger partial charge in [0.1, 0.15) is 0 Å². The Kier molecular flexibility index (Phi) is 3.58. The standard InChI is InChI=1S/C16H14ClN3/c17-15-10-19-9-14(13-4-2-1-3-5-13)16(15)20-7-6-12(8-18)11-20/h1-5,9-10,12H,6-7,11H2/t12-/m0/s1. The molecule has 0 saturated carbocycles. The van der Waals surface area contributed by atoms with Crippen molar-refractivity contribution in [2.24, 2.45) is 5.92 Å². The first-order chi connectivity index (χ1) is 9.79. The van der Waals surface area contributed by atoms with Crippen molar-refractivity contribution in [1.29, 1.82) is 5.26 Å². The number of aromatic nitrogens is 1. The Hall–Kier alpha value is -2.05. The Morgan fingerprint density at radius 2 is 2.05 bits per heavy atom. The van der Waals surface area contributed by atoms with Crippen LogP contribution in [0, 0.1) is 17.2 Å². The molecule has 1 aromatic carbocycles. The van der Waals surface area contributed by atoms with Crippen LogP contribution >= 0.6 is 11.6 Å². The van der Waals surface area contributed by atoms with Crippen LogP contribution in [0.5, 0.6) is 0 Å². The van der Waals surface area contributed by atoms with E-state index >= 15 is 0 Å². The first-order valence-corrected chi connectivity index (χ1v) is 7.01. The molecular formula is C16H14ClN3. The molecule has 0 unspecified atom stereocenters. The zero-order chi connectivity index (χ0) is 13.9. The van der Waals surface area contributed by atoms with E-state index in [1.807, 2.05) is 24.4 Å². The lowest BCUT2D eigenvalue weighted by atomic mass is 10.1. The highest BCUT2D eigenvalue weighted by atomic mass is 35.5. The third kappa shape index (κ3) is 2.35. The first-order valence-electron chi connectivity index (χ1n) is 6.63. The summed E-state index contributed by atoms with van der Waals surface area (Å²) in [6.45, 7) is 1.60. The van der Waals surface area contributed by atoms with Gasteiger partial charge < -0.3 is 4.90 Å². The number of anilines is 1. The predicted molar refractivity (Wildman–Crippen MR) is 80.6 cm³/mol. The average Bonchev–Trinajstić information content (AvgIpc) is 2.96. The lowest BCUT2D eigenvalue weighted by molar-refractivity contribution is 0.755. The smallest absolute Gasteiger partial charge is 0.0829 e. The van der Waals surface area contributed by atoms with Crippen molar-refractivity contribution in [1.82, 2.24) is 4.98 Å². The third-order valence-electron chi connectivity index (χ3n) is 3.64. The second kappa shape index (κ2) is 5.52. The maximum Gasteiger partial charge on any atom is 0.0829 e. The summed E-state index contributed by atoms with van der Waals surface area (Å²) < 4.78 is 0. The quantitative estimate of drug-likeness (QED) is 0.843. The van der Waals surface area contributed by atoms with Crippen LogP contribution in [0.2, 0.25) is 5.02 Å². The van der Waals surface area contributed by atoms with E-state index in [-0.39, 0.29) is 5.92 Å². The van der Waals surface area contributed by atoms with E-state index in [0.29, 0.717) is 5.02 Å². The topological polar surface area (TPSA) is 39.9 Å². The average molecular weight is 284 g/mol. The van der Waals surface area contributed by atoms with Crippen LogP contribution in [0.15, 0.2) is 42.7 Å². The molecule has 3 nitrogen and oxygen atoms in total. The number of hydrogen-bond donors (Lipinski definition) is 0. The number of benzene rings is 1. The van der Waals surface area contributed by atoms with Crippen LogP contribution in [0.4, 0.5) is 5.69 Å². The van der Waals surface area contributed by atoms with Gasteiger partial charge in [0.15, 0.2) is 0 Å². The molecule has 3 rings (SSSR count). The monoisotopic (exact) mass is 283 g/mol. The summed E-state index contributed by atoms with van der Waals surface area (Å²) in [5, 5.41) is 9.71. The molecule has 1 fully saturated rings. The number of nitrogens with zero attached hydrogens (tertiary/aromatic N) is 3. The van der Waals surface area contributed by atoms with Gasteiger partial charge in [0.2, 0.25) is 0 Å². The lowest BCUT2D eigenvalue weighted by Gasteiger charge is -2.22. The van der Waals surface area contributed by atoms with Gasteiger partial charge in [-0.1, -0.05) is 41.9 Å². The highest BCUT2D eigenvalue weighted by Gasteiger charge is 2.26. The Morgan fingerprint density at radius 1 is 1.25 bits per heavy atom. The molecule has 20 heavy (non-hydrogen) atoms. The van der Waals surface area contributed by atoms with Crippen molar-refractivity contribution in [3.05, 3.63) is 47.7 Å². The minimum absolute atomic E-state index is 0.0860. The SMILES string of the molecule is N#C[C@@H]1CCN(c2c(Cl)cncc2-c2ccccc2)C1. The van der Waals surface area contributed by atoms with E-state index in [4.69, 9.17) is 16.9 Å². The van der Waals surface area contributed by atoms with Gasteiger partial charge in [-0.25, -0.2) is 0 Å². The molecule has 4 heteroatoms. The minimum Gasteiger partial charge on any atom is -0.368 e. The van der Waals surface area contributed by atoms with Gasteiger partial charge in [0.25, 0.3) is 0 Å². The Bertz CT molecular complexity index is 649. The normalized spacial score (nSPS) is 18.0. The van der Waals surface area contributed by atoms with Crippen LogP contribution in [0.3, 0.4) is 0 Å². The molecule has 1 aliphatic rings. The van der Waals surface area contributed by atoms with Crippen LogP contribution < -0.4 is 4.90 Å². The zero-order valence-corrected chi connectivity index (χ0v) is 11.7. The highest BCUT2D eigenvalue weighted by molar-refractivity contribution is 6.33. The number of pyridine rings is 1. The number of nitriles is 1. The van der Waals surface area contributed by atoms with Crippen LogP contribution in [0.25, 0.3) is 11.1 Å². The van der Waals surface area contributed by atoms with Crippen LogP contribution in [-0.2, 0) is 0 Å². The predicted octanol–water partition coefficient (Wildman–Crippen LogP) is 3.75. The summed E-state index contributed by atoms with van der Waals surface area (Å²) in [6.07, 6.45) is 4.41. The largest absolute Gasteiger partial charge is 0.368 e. The van der Waals surface area contributed by atoms with Crippen molar-refractivity contribution in [3.8, 4) is 17.2 Å². The molecule has 0 bridgehead atoms. The molecule has 1 atom stereocenters. The molecule has 0 spiro atoms. The first kappa shape index (κ1) is 13.0. The molecule has 1 aliphatic heterocycles. The summed E-state index contributed by atoms with van der Waals surface area (Å²) in [6, 6.07) is 12.4. The van der Waals surface area contributed by atoms with Gasteiger partial charge in [-0.15, -0.1) is 0 Å². The van der Waals surface area contributed by atoms with Crippen molar-refractivity contribution >= 4 is 17.3 Å². The molecule has 2 heterocycles. The fourth-order valence-electron chi connectivity index (χ4n) is 2.65. The van der Waals surface area contributed by atoms with E-state index in [1.165, 1.54) is 0 Å². The maximum absolute atomic E-state index is 9.06. The molecule has 0 radical (unpaired) electrons. The molecule has 2 aromatic rings. The summed E-state index contributed by atoms with van der Waals surface area (Å²) in [7, 11) is 0. The van der Waals surface area contributed by atoms with Crippen molar-refractivity contribution < 1.29 is 0 Å². The van der Waals surface area contributed by atoms with Gasteiger partial charge in [-0.2, -0.15) is 5.26 Å². The summed E-state index contributed by atoms with van der Waals surface area (Å²) >= 11 is 6.36. The zero-order valence-electron chi connectivity index (χ0n) is 11.0. The molecule has 0 aliphatic carbocycles. The fourth-order valence-corrected chi connectivity index (χ4v) is 2.92. The van der Waals surface area contributed by atoms with E-state index < -0.39 is 0 Å². The number of rotatable bonds is 2. The molecule has 0 N–H and O–H groups in total. The van der Waals surface area contributed by atoms with Gasteiger partial charge >= 0.3 is 0 Å². The van der Waals surface area contributed by atoms with E-state index in [0.717, 1.165) is 36.3 Å². The van der Waals surface area contributed by atoms with Crippen molar-refractivity contribution in [3.63, 3.8) is 0 Å². The molecule has 0 amide bonds. The Balaban J connectivity index is 2.05. The number of hydrogen-bond acceptors (Lipinski definition) is 3. The molecule has 100 valence electrons. The second-order valence-electron chi connectivity index (χ2n) is 4.94. The van der Waals surface area contributed by atoms with E-state index in [1.54, 1.807) is 6.20 Å². The van der Waals surface area contributed by atoms with Gasteiger partial charge in [0.05, 0.1) is 22.7 Å². The fraction of sp³-hybridized carbons (Fsp3) is 0.250. The second-order valence-corrected chi connectivity index (χ2v) is 5.35. The van der Waals surface area contributed by atoms with Crippen LogP contribution in [-0.4, -0.2) is 18.1 Å². The molecular weight excluding hydrogens is 270 g/mol. The van der Waals surface area contributed by atoms with Crippen molar-refractivity contribution in [2.75, 3.05) is 18.0 Å². The summed E-state index contributed by atoms with van der Waals surface area (Å²) in [5.41, 5.74) is 3.11. The third-order valence-corrected chi connectivity index (χ3v) is 3.92. The van der Waals surface area contributed by atoms with Crippen LogP contribution in [0.1, 0.15) is 6.42 Å². The van der Waals surface area contributed by atoms with E-state index in [9.17, 15) is 0 Å². The maximum atomic E-state index is 9.06. The Morgan fingerprint density at radius 3 is 2.75 bits per heavy atom. The summed E-state index contributed by atoms with van der Waals surface area (Å²) in [4.78, 5) is 6.40. The van der Waals surface area contributed by atoms with Crippen molar-refractivity contribution in [2.45, 2.75) is 6.42 Å². The Labute approximate surface area is 123 Å².